The minimum Gasteiger partial charge on any atom is -0.466 e. The minimum atomic E-state index is -0.347. The Morgan fingerprint density at radius 1 is 1.33 bits per heavy atom. The molecule has 0 fully saturated rings. The van der Waals surface area contributed by atoms with Crippen molar-refractivity contribution in [2.45, 2.75) is 13.3 Å². The lowest BCUT2D eigenvalue weighted by Crippen LogP contribution is -2.26. The lowest BCUT2D eigenvalue weighted by Gasteiger charge is -2.06. The largest absolute Gasteiger partial charge is 0.466 e. The third-order valence-corrected chi connectivity index (χ3v) is 2.64. The van der Waals surface area contributed by atoms with Crippen molar-refractivity contribution in [1.29, 1.82) is 0 Å². The van der Waals surface area contributed by atoms with Crippen LogP contribution in [-0.2, 0) is 9.53 Å². The molecule has 1 N–H and O–H groups in total. The SMILES string of the molecule is CCOC(=O)CCNC(=O)c1ccc(Cl)cc1Cl. The zero-order chi connectivity index (χ0) is 13.5. The molecule has 4 nitrogen and oxygen atoms in total. The van der Waals surface area contributed by atoms with Gasteiger partial charge in [0, 0.05) is 11.6 Å². The van der Waals surface area contributed by atoms with E-state index in [9.17, 15) is 9.59 Å². The van der Waals surface area contributed by atoms with Crippen LogP contribution in [0.4, 0.5) is 0 Å². The van der Waals surface area contributed by atoms with E-state index in [-0.39, 0.29) is 29.9 Å². The molecule has 0 radical (unpaired) electrons. The highest BCUT2D eigenvalue weighted by Gasteiger charge is 2.11. The van der Waals surface area contributed by atoms with Crippen LogP contribution < -0.4 is 5.32 Å². The summed E-state index contributed by atoms with van der Waals surface area (Å²) in [7, 11) is 0. The van der Waals surface area contributed by atoms with Gasteiger partial charge in [0.15, 0.2) is 0 Å². The number of esters is 1. The minimum absolute atomic E-state index is 0.130. The number of carbonyl (C=O) groups is 2. The highest BCUT2D eigenvalue weighted by atomic mass is 35.5. The summed E-state index contributed by atoms with van der Waals surface area (Å²) in [6, 6.07) is 4.60. The molecule has 0 saturated carbocycles. The Bertz CT molecular complexity index is 449. The van der Waals surface area contributed by atoms with Gasteiger partial charge >= 0.3 is 5.97 Å². The summed E-state index contributed by atoms with van der Waals surface area (Å²) >= 11 is 11.6. The molecule has 18 heavy (non-hydrogen) atoms. The fourth-order valence-electron chi connectivity index (χ4n) is 1.28. The second-order valence-corrected chi connectivity index (χ2v) is 4.28. The standard InChI is InChI=1S/C12H13Cl2NO3/c1-2-18-11(16)5-6-15-12(17)9-4-3-8(13)7-10(9)14/h3-4,7H,2,5-6H2,1H3,(H,15,17). The van der Waals surface area contributed by atoms with E-state index in [1.54, 1.807) is 13.0 Å². The Morgan fingerprint density at radius 3 is 2.67 bits per heavy atom. The Hall–Kier alpha value is -1.26. The van der Waals surface area contributed by atoms with Crippen LogP contribution in [0.5, 0.6) is 0 Å². The molecule has 1 aromatic carbocycles. The second-order valence-electron chi connectivity index (χ2n) is 3.44. The lowest BCUT2D eigenvalue weighted by atomic mass is 10.2. The van der Waals surface area contributed by atoms with Gasteiger partial charge < -0.3 is 10.1 Å². The maximum atomic E-state index is 11.7. The summed E-state index contributed by atoms with van der Waals surface area (Å²) in [5, 5.41) is 3.32. The first-order valence-electron chi connectivity index (χ1n) is 5.43. The van der Waals surface area contributed by atoms with Crippen LogP contribution in [0.25, 0.3) is 0 Å². The van der Waals surface area contributed by atoms with Gasteiger partial charge in [0.1, 0.15) is 0 Å². The Balaban J connectivity index is 2.48. The van der Waals surface area contributed by atoms with Crippen LogP contribution >= 0.6 is 23.2 Å². The predicted octanol–water partition coefficient (Wildman–Crippen LogP) is 2.68. The average Bonchev–Trinajstić information content (AvgIpc) is 2.29. The van der Waals surface area contributed by atoms with Gasteiger partial charge in [-0.25, -0.2) is 0 Å². The van der Waals surface area contributed by atoms with Gasteiger partial charge in [0.2, 0.25) is 0 Å². The van der Waals surface area contributed by atoms with Crippen molar-refractivity contribution in [3.8, 4) is 0 Å². The predicted molar refractivity (Wildman–Crippen MR) is 70.0 cm³/mol. The molecule has 0 heterocycles. The van der Waals surface area contributed by atoms with E-state index in [4.69, 9.17) is 27.9 Å². The van der Waals surface area contributed by atoms with E-state index >= 15 is 0 Å². The van der Waals surface area contributed by atoms with Gasteiger partial charge in [-0.2, -0.15) is 0 Å². The normalized spacial score (nSPS) is 9.94. The van der Waals surface area contributed by atoms with E-state index in [0.29, 0.717) is 17.2 Å². The number of halogens is 2. The highest BCUT2D eigenvalue weighted by Crippen LogP contribution is 2.20. The molecule has 0 aromatic heterocycles. The van der Waals surface area contributed by atoms with Crippen LogP contribution in [0.2, 0.25) is 10.0 Å². The molecular weight excluding hydrogens is 277 g/mol. The van der Waals surface area contributed by atoms with Crippen LogP contribution in [0.1, 0.15) is 23.7 Å². The molecule has 98 valence electrons. The number of hydrogen-bond donors (Lipinski definition) is 1. The third kappa shape index (κ3) is 4.55. The quantitative estimate of drug-likeness (QED) is 0.848. The molecule has 0 bridgehead atoms. The number of nitrogens with one attached hydrogen (secondary N) is 1. The Morgan fingerprint density at radius 2 is 2.06 bits per heavy atom. The smallest absolute Gasteiger partial charge is 0.307 e. The van der Waals surface area contributed by atoms with E-state index in [1.165, 1.54) is 12.1 Å². The first-order valence-corrected chi connectivity index (χ1v) is 6.19. The van der Waals surface area contributed by atoms with E-state index in [0.717, 1.165) is 0 Å². The van der Waals surface area contributed by atoms with Crippen molar-refractivity contribution in [2.75, 3.05) is 13.2 Å². The van der Waals surface area contributed by atoms with Gasteiger partial charge in [0.25, 0.3) is 5.91 Å². The van der Waals surface area contributed by atoms with Crippen molar-refractivity contribution < 1.29 is 14.3 Å². The van der Waals surface area contributed by atoms with Gasteiger partial charge in [-0.3, -0.25) is 9.59 Å². The molecule has 0 aliphatic heterocycles. The van der Waals surface area contributed by atoms with Crippen molar-refractivity contribution in [2.24, 2.45) is 0 Å². The number of benzene rings is 1. The molecule has 0 unspecified atom stereocenters. The van der Waals surface area contributed by atoms with Gasteiger partial charge in [-0.05, 0) is 25.1 Å². The van der Waals surface area contributed by atoms with Crippen molar-refractivity contribution in [3.63, 3.8) is 0 Å². The van der Waals surface area contributed by atoms with Gasteiger partial charge in [-0.15, -0.1) is 0 Å². The first-order chi connectivity index (χ1) is 8.54. The molecule has 0 spiro atoms. The number of carbonyl (C=O) groups excluding carboxylic acids is 2. The Labute approximate surface area is 115 Å². The average molecular weight is 290 g/mol. The van der Waals surface area contributed by atoms with E-state index in [1.807, 2.05) is 0 Å². The molecular formula is C12H13Cl2NO3. The molecule has 1 aromatic rings. The van der Waals surface area contributed by atoms with Gasteiger partial charge in [0.05, 0.1) is 23.6 Å². The van der Waals surface area contributed by atoms with E-state index < -0.39 is 0 Å². The maximum absolute atomic E-state index is 11.7. The zero-order valence-corrected chi connectivity index (χ0v) is 11.3. The topological polar surface area (TPSA) is 55.4 Å². The second kappa shape index (κ2) is 7.24. The fraction of sp³-hybridized carbons (Fsp3) is 0.333. The number of amides is 1. The van der Waals surface area contributed by atoms with Crippen LogP contribution in [-0.4, -0.2) is 25.0 Å². The van der Waals surface area contributed by atoms with Crippen molar-refractivity contribution in [1.82, 2.24) is 5.32 Å². The lowest BCUT2D eigenvalue weighted by molar-refractivity contribution is -0.142. The van der Waals surface area contributed by atoms with Gasteiger partial charge in [-0.1, -0.05) is 23.2 Å². The fourth-order valence-corrected chi connectivity index (χ4v) is 1.77. The number of rotatable bonds is 5. The third-order valence-electron chi connectivity index (χ3n) is 2.10. The summed E-state index contributed by atoms with van der Waals surface area (Å²) in [6.07, 6.45) is 0.130. The van der Waals surface area contributed by atoms with E-state index in [2.05, 4.69) is 5.32 Å². The van der Waals surface area contributed by atoms with Crippen LogP contribution in [0.3, 0.4) is 0 Å². The molecule has 0 aliphatic rings. The summed E-state index contributed by atoms with van der Waals surface area (Å²) in [5.41, 5.74) is 0.324. The number of ether oxygens (including phenoxy) is 1. The van der Waals surface area contributed by atoms with Crippen molar-refractivity contribution in [3.05, 3.63) is 33.8 Å². The summed E-state index contributed by atoms with van der Waals surface area (Å²) in [6.45, 7) is 2.26. The molecule has 0 aliphatic carbocycles. The summed E-state index contributed by atoms with van der Waals surface area (Å²) in [5.74, 6) is -0.694. The van der Waals surface area contributed by atoms with Crippen molar-refractivity contribution >= 4 is 35.1 Å². The summed E-state index contributed by atoms with van der Waals surface area (Å²) in [4.78, 5) is 22.8. The molecule has 1 amide bonds. The Kier molecular flexibility index (Phi) is 5.95. The molecule has 1 rings (SSSR count). The molecule has 6 heteroatoms. The van der Waals surface area contributed by atoms with Crippen LogP contribution in [0.15, 0.2) is 18.2 Å². The maximum Gasteiger partial charge on any atom is 0.307 e. The molecule has 0 saturated heterocycles. The molecule has 0 atom stereocenters. The number of hydrogen-bond acceptors (Lipinski definition) is 3. The van der Waals surface area contributed by atoms with Crippen LogP contribution in [0, 0.1) is 0 Å². The monoisotopic (exact) mass is 289 g/mol. The highest BCUT2D eigenvalue weighted by molar-refractivity contribution is 6.36. The first kappa shape index (κ1) is 14.8. The zero-order valence-electron chi connectivity index (χ0n) is 9.83. The summed E-state index contributed by atoms with van der Waals surface area (Å²) < 4.78 is 4.74.